The Hall–Kier alpha value is -0.650. The van der Waals surface area contributed by atoms with Crippen molar-refractivity contribution in [3.05, 3.63) is 0 Å². The number of hydrogen-bond donors (Lipinski definition) is 4. The van der Waals surface area contributed by atoms with Crippen LogP contribution in [0.25, 0.3) is 0 Å². The van der Waals surface area contributed by atoms with Crippen molar-refractivity contribution < 1.29 is 25.2 Å². The first-order valence-electron chi connectivity index (χ1n) is 9.71. The molecule has 0 heterocycles. The molecule has 0 aromatic rings. The normalized spacial score (nSPS) is 15.2. The Labute approximate surface area is 147 Å². The maximum Gasteiger partial charge on any atom is 0.335 e. The molecule has 144 valence electrons. The van der Waals surface area contributed by atoms with Gasteiger partial charge < -0.3 is 20.4 Å². The van der Waals surface area contributed by atoms with Crippen LogP contribution < -0.4 is 0 Å². The number of carboxylic acid groups (broad SMARTS) is 1. The van der Waals surface area contributed by atoms with E-state index in [0.717, 1.165) is 19.3 Å². The van der Waals surface area contributed by atoms with Gasteiger partial charge in [0.05, 0.1) is 12.7 Å². The molecule has 0 aromatic carbocycles. The van der Waals surface area contributed by atoms with Crippen LogP contribution in [0.15, 0.2) is 0 Å². The Morgan fingerprint density at radius 1 is 0.875 bits per heavy atom. The topological polar surface area (TPSA) is 98.0 Å². The average Bonchev–Trinajstić information content (AvgIpc) is 2.55. The summed E-state index contributed by atoms with van der Waals surface area (Å²) in [5.74, 6) is -1.32. The number of aliphatic hydroxyl groups excluding tert-OH is 2. The molecule has 0 aromatic heterocycles. The van der Waals surface area contributed by atoms with Crippen molar-refractivity contribution in [2.24, 2.45) is 0 Å². The van der Waals surface area contributed by atoms with Crippen LogP contribution in [0.4, 0.5) is 0 Å². The summed E-state index contributed by atoms with van der Waals surface area (Å²) in [6.07, 6.45) is 12.8. The average molecular weight is 347 g/mol. The fourth-order valence-corrected chi connectivity index (χ4v) is 3.01. The first kappa shape index (κ1) is 23.4. The van der Waals surface area contributed by atoms with Gasteiger partial charge in [0, 0.05) is 6.42 Å². The molecule has 0 saturated heterocycles. The zero-order valence-corrected chi connectivity index (χ0v) is 15.4. The SMILES string of the molecule is CCCCCCCCCCCCCCC(O)(CC(O)CO)C(=O)O. The van der Waals surface area contributed by atoms with Crippen molar-refractivity contribution in [2.45, 2.75) is 109 Å². The summed E-state index contributed by atoms with van der Waals surface area (Å²) >= 11 is 0. The molecule has 5 heteroatoms. The molecule has 0 rings (SSSR count). The number of carbonyl (C=O) groups is 1. The molecular formula is C19H38O5. The molecule has 0 aliphatic rings. The molecule has 0 bridgehead atoms. The van der Waals surface area contributed by atoms with E-state index in [0.29, 0.717) is 6.42 Å². The third kappa shape index (κ3) is 11.8. The van der Waals surface area contributed by atoms with E-state index in [2.05, 4.69) is 6.92 Å². The number of rotatable bonds is 17. The van der Waals surface area contributed by atoms with Gasteiger partial charge in [-0.2, -0.15) is 0 Å². The van der Waals surface area contributed by atoms with Gasteiger partial charge in [0.1, 0.15) is 0 Å². The van der Waals surface area contributed by atoms with Crippen LogP contribution in [-0.4, -0.2) is 44.7 Å². The third-order valence-corrected chi connectivity index (χ3v) is 4.63. The predicted molar refractivity (Wildman–Crippen MR) is 96.0 cm³/mol. The standard InChI is InChI=1S/C19H38O5/c1-2-3-4-5-6-7-8-9-10-11-12-13-14-19(24,18(22)23)15-17(21)16-20/h17,20-21,24H,2-16H2,1H3,(H,22,23). The summed E-state index contributed by atoms with van der Waals surface area (Å²) in [4.78, 5) is 11.2. The van der Waals surface area contributed by atoms with Crippen molar-refractivity contribution in [1.29, 1.82) is 0 Å². The van der Waals surface area contributed by atoms with Gasteiger partial charge in [-0.3, -0.25) is 0 Å². The first-order valence-corrected chi connectivity index (χ1v) is 9.71. The zero-order chi connectivity index (χ0) is 18.3. The second-order valence-electron chi connectivity index (χ2n) is 7.02. The molecule has 0 aliphatic heterocycles. The second kappa shape index (κ2) is 14.7. The maximum atomic E-state index is 11.2. The van der Waals surface area contributed by atoms with Crippen LogP contribution >= 0.6 is 0 Å². The van der Waals surface area contributed by atoms with Crippen LogP contribution in [0.5, 0.6) is 0 Å². The number of aliphatic hydroxyl groups is 3. The quantitative estimate of drug-likeness (QED) is 0.301. The molecule has 0 fully saturated rings. The maximum absolute atomic E-state index is 11.2. The molecule has 0 amide bonds. The van der Waals surface area contributed by atoms with E-state index in [9.17, 15) is 15.0 Å². The van der Waals surface area contributed by atoms with Gasteiger partial charge in [0.15, 0.2) is 5.60 Å². The molecule has 0 aliphatic carbocycles. The van der Waals surface area contributed by atoms with E-state index < -0.39 is 24.3 Å². The van der Waals surface area contributed by atoms with Crippen molar-refractivity contribution in [1.82, 2.24) is 0 Å². The zero-order valence-electron chi connectivity index (χ0n) is 15.4. The number of hydrogen-bond acceptors (Lipinski definition) is 4. The highest BCUT2D eigenvalue weighted by Crippen LogP contribution is 2.22. The fourth-order valence-electron chi connectivity index (χ4n) is 3.01. The van der Waals surface area contributed by atoms with E-state index in [1.807, 2.05) is 0 Å². The van der Waals surface area contributed by atoms with Gasteiger partial charge in [-0.15, -0.1) is 0 Å². The summed E-state index contributed by atoms with van der Waals surface area (Å²) in [6.45, 7) is 1.69. The number of carboxylic acids is 1. The Balaban J connectivity index is 3.61. The highest BCUT2D eigenvalue weighted by atomic mass is 16.4. The summed E-state index contributed by atoms with van der Waals surface area (Å²) in [5, 5.41) is 37.4. The van der Waals surface area contributed by atoms with E-state index in [1.165, 1.54) is 51.4 Å². The van der Waals surface area contributed by atoms with Gasteiger partial charge >= 0.3 is 5.97 Å². The lowest BCUT2D eigenvalue weighted by atomic mass is 9.90. The highest BCUT2D eigenvalue weighted by molar-refractivity contribution is 5.77. The smallest absolute Gasteiger partial charge is 0.335 e. The Bertz CT molecular complexity index is 308. The predicted octanol–water partition coefficient (Wildman–Crippen LogP) is 3.64. The van der Waals surface area contributed by atoms with Gasteiger partial charge in [-0.05, 0) is 12.8 Å². The lowest BCUT2D eigenvalue weighted by molar-refractivity contribution is -0.163. The summed E-state index contributed by atoms with van der Waals surface area (Å²) in [5.41, 5.74) is -1.93. The molecule has 2 unspecified atom stereocenters. The van der Waals surface area contributed by atoms with Gasteiger partial charge in [-0.1, -0.05) is 77.6 Å². The van der Waals surface area contributed by atoms with E-state index in [-0.39, 0.29) is 12.8 Å². The molecule has 2 atom stereocenters. The first-order chi connectivity index (χ1) is 11.5. The van der Waals surface area contributed by atoms with Gasteiger partial charge in [0.2, 0.25) is 0 Å². The van der Waals surface area contributed by atoms with Gasteiger partial charge in [0.25, 0.3) is 0 Å². The molecule has 0 saturated carbocycles. The molecule has 4 N–H and O–H groups in total. The summed E-state index contributed by atoms with van der Waals surface area (Å²) in [6, 6.07) is 0. The molecule has 5 nitrogen and oxygen atoms in total. The van der Waals surface area contributed by atoms with E-state index in [1.54, 1.807) is 0 Å². The molecule has 0 spiro atoms. The van der Waals surface area contributed by atoms with Crippen LogP contribution in [0.1, 0.15) is 96.8 Å². The number of unbranched alkanes of at least 4 members (excludes halogenated alkanes) is 11. The molecular weight excluding hydrogens is 308 g/mol. The minimum Gasteiger partial charge on any atom is -0.479 e. The molecule has 0 radical (unpaired) electrons. The lowest BCUT2D eigenvalue weighted by Crippen LogP contribution is -2.42. The molecule has 24 heavy (non-hydrogen) atoms. The van der Waals surface area contributed by atoms with E-state index >= 15 is 0 Å². The Morgan fingerprint density at radius 3 is 1.67 bits per heavy atom. The van der Waals surface area contributed by atoms with Crippen LogP contribution in [0, 0.1) is 0 Å². The van der Waals surface area contributed by atoms with Crippen LogP contribution in [0.2, 0.25) is 0 Å². The monoisotopic (exact) mass is 346 g/mol. The van der Waals surface area contributed by atoms with Crippen LogP contribution in [-0.2, 0) is 4.79 Å². The second-order valence-corrected chi connectivity index (χ2v) is 7.02. The Morgan fingerprint density at radius 2 is 1.29 bits per heavy atom. The number of aliphatic carboxylic acids is 1. The minimum atomic E-state index is -1.93. The fraction of sp³-hybridized carbons (Fsp3) is 0.947. The van der Waals surface area contributed by atoms with Gasteiger partial charge in [-0.25, -0.2) is 4.79 Å². The van der Waals surface area contributed by atoms with Crippen molar-refractivity contribution in [3.63, 3.8) is 0 Å². The third-order valence-electron chi connectivity index (χ3n) is 4.63. The van der Waals surface area contributed by atoms with E-state index in [4.69, 9.17) is 10.2 Å². The Kier molecular flexibility index (Phi) is 14.3. The summed E-state index contributed by atoms with van der Waals surface area (Å²) < 4.78 is 0. The van der Waals surface area contributed by atoms with Crippen LogP contribution in [0.3, 0.4) is 0 Å². The minimum absolute atomic E-state index is 0.122. The van der Waals surface area contributed by atoms with Crippen molar-refractivity contribution >= 4 is 5.97 Å². The van der Waals surface area contributed by atoms with Crippen molar-refractivity contribution in [2.75, 3.05) is 6.61 Å². The lowest BCUT2D eigenvalue weighted by Gasteiger charge is -2.25. The largest absolute Gasteiger partial charge is 0.479 e. The van der Waals surface area contributed by atoms with Crippen molar-refractivity contribution in [3.8, 4) is 0 Å². The highest BCUT2D eigenvalue weighted by Gasteiger charge is 2.37. The summed E-state index contributed by atoms with van der Waals surface area (Å²) in [7, 11) is 0.